The molecule has 4 nitrogen and oxygen atoms in total. The Morgan fingerprint density at radius 2 is 1.81 bits per heavy atom. The minimum Gasteiger partial charge on any atom is -0.384 e. The molecule has 0 spiro atoms. The van der Waals surface area contributed by atoms with Gasteiger partial charge >= 0.3 is 0 Å². The number of carbonyl (C=O) groups excluding carboxylic acids is 1. The van der Waals surface area contributed by atoms with Gasteiger partial charge in [-0.05, 0) is 54.2 Å². The van der Waals surface area contributed by atoms with Crippen LogP contribution in [0.15, 0.2) is 65.1 Å². The molecule has 2 aromatic carbocycles. The molecule has 1 aliphatic carbocycles. The Morgan fingerprint density at radius 1 is 1.13 bits per heavy atom. The summed E-state index contributed by atoms with van der Waals surface area (Å²) in [6.45, 7) is 6.07. The van der Waals surface area contributed by atoms with Crippen LogP contribution in [-0.2, 0) is 4.79 Å². The Bertz CT molecular complexity index is 1190. The first-order valence-corrected chi connectivity index (χ1v) is 10.9. The van der Waals surface area contributed by atoms with Crippen LogP contribution in [-0.4, -0.2) is 5.78 Å². The van der Waals surface area contributed by atoms with Crippen LogP contribution in [0.1, 0.15) is 43.7 Å². The van der Waals surface area contributed by atoms with E-state index in [2.05, 4.69) is 19.9 Å². The average molecular weight is 452 g/mol. The smallest absolute Gasteiger partial charge is 0.162 e. The second-order valence-electron chi connectivity index (χ2n) is 8.92. The fraction of sp³-hybridized carbons (Fsp3) is 0.280. The number of nitrogens with zero attached hydrogens (tertiary/aromatic N) is 2. The summed E-state index contributed by atoms with van der Waals surface area (Å²) in [6, 6.07) is 15.1. The van der Waals surface area contributed by atoms with E-state index < -0.39 is 5.92 Å². The molecular weight excluding hydrogens is 429 g/mol. The van der Waals surface area contributed by atoms with E-state index in [9.17, 15) is 10.1 Å². The lowest BCUT2D eigenvalue weighted by molar-refractivity contribution is -0.118. The molecule has 1 heterocycles. The molecule has 0 saturated heterocycles. The number of anilines is 1. The van der Waals surface area contributed by atoms with Gasteiger partial charge in [-0.2, -0.15) is 5.26 Å². The van der Waals surface area contributed by atoms with Crippen LogP contribution >= 0.6 is 23.2 Å². The molecule has 0 radical (unpaired) electrons. The number of nitrogens with two attached hydrogens (primary N) is 1. The van der Waals surface area contributed by atoms with Crippen molar-refractivity contribution in [3.8, 4) is 6.07 Å². The number of hydrogen-bond acceptors (Lipinski definition) is 4. The minimum absolute atomic E-state index is 0.0381. The highest BCUT2D eigenvalue weighted by Gasteiger charge is 2.44. The lowest BCUT2D eigenvalue weighted by Gasteiger charge is -2.44. The SMILES string of the molecule is Cc1c(Cl)cccc1N1C(N)=C(C#N)C(c2ccc(Cl)cc2)C2=C1CC(C)(C)CC2=O. The van der Waals surface area contributed by atoms with Crippen molar-refractivity contribution >= 4 is 34.7 Å². The maximum Gasteiger partial charge on any atom is 0.162 e. The Hall–Kier alpha value is -2.74. The average Bonchev–Trinajstić information content (AvgIpc) is 2.70. The Labute approximate surface area is 192 Å². The number of hydrogen-bond donors (Lipinski definition) is 1. The van der Waals surface area contributed by atoms with E-state index in [1.54, 1.807) is 12.1 Å². The number of halogens is 2. The molecule has 2 aromatic rings. The van der Waals surface area contributed by atoms with Crippen molar-refractivity contribution in [2.75, 3.05) is 4.90 Å². The summed E-state index contributed by atoms with van der Waals surface area (Å²) in [5, 5.41) is 11.3. The van der Waals surface area contributed by atoms with E-state index in [1.165, 1.54) is 0 Å². The third-order valence-corrected chi connectivity index (χ3v) is 6.73. The molecule has 158 valence electrons. The van der Waals surface area contributed by atoms with Crippen LogP contribution in [0.5, 0.6) is 0 Å². The van der Waals surface area contributed by atoms with Gasteiger partial charge in [0.25, 0.3) is 0 Å². The first-order chi connectivity index (χ1) is 14.6. The summed E-state index contributed by atoms with van der Waals surface area (Å²) in [7, 11) is 0. The highest BCUT2D eigenvalue weighted by molar-refractivity contribution is 6.31. The molecule has 0 aromatic heterocycles. The molecule has 1 atom stereocenters. The van der Waals surface area contributed by atoms with Crippen molar-refractivity contribution in [1.29, 1.82) is 5.26 Å². The second kappa shape index (κ2) is 7.75. The predicted octanol–water partition coefficient (Wildman–Crippen LogP) is 6.24. The third kappa shape index (κ3) is 3.63. The lowest BCUT2D eigenvalue weighted by Crippen LogP contribution is -2.42. The molecule has 1 aliphatic heterocycles. The fourth-order valence-electron chi connectivity index (χ4n) is 4.61. The molecular formula is C25H23Cl2N3O. The number of ketones is 1. The highest BCUT2D eigenvalue weighted by Crippen LogP contribution is 2.50. The number of allylic oxidation sites excluding steroid dienone is 3. The second-order valence-corrected chi connectivity index (χ2v) is 9.76. The van der Waals surface area contributed by atoms with Crippen LogP contribution in [0, 0.1) is 23.7 Å². The van der Waals surface area contributed by atoms with Crippen LogP contribution in [0.3, 0.4) is 0 Å². The largest absolute Gasteiger partial charge is 0.384 e. The predicted molar refractivity (Wildman–Crippen MR) is 125 cm³/mol. The molecule has 1 unspecified atom stereocenters. The molecule has 6 heteroatoms. The van der Waals surface area contributed by atoms with Crippen molar-refractivity contribution in [3.05, 3.63) is 86.3 Å². The van der Waals surface area contributed by atoms with Crippen molar-refractivity contribution in [2.45, 2.75) is 39.5 Å². The highest BCUT2D eigenvalue weighted by atomic mass is 35.5. The van der Waals surface area contributed by atoms with Gasteiger partial charge < -0.3 is 5.73 Å². The number of Topliss-reactive ketones (excluding diaryl/α,β-unsaturated/α-hetero) is 1. The van der Waals surface area contributed by atoms with Crippen molar-refractivity contribution in [3.63, 3.8) is 0 Å². The molecule has 0 bridgehead atoms. The zero-order valence-electron chi connectivity index (χ0n) is 17.7. The van der Waals surface area contributed by atoms with E-state index in [0.29, 0.717) is 39.9 Å². The fourth-order valence-corrected chi connectivity index (χ4v) is 4.91. The Morgan fingerprint density at radius 3 is 2.45 bits per heavy atom. The first kappa shape index (κ1) is 21.5. The van der Waals surface area contributed by atoms with Crippen LogP contribution < -0.4 is 10.6 Å². The normalized spacial score (nSPS) is 20.6. The zero-order chi connectivity index (χ0) is 22.5. The van der Waals surface area contributed by atoms with Gasteiger partial charge in [0, 0.05) is 27.7 Å². The monoisotopic (exact) mass is 451 g/mol. The Kier molecular flexibility index (Phi) is 5.37. The molecule has 2 aliphatic rings. The van der Waals surface area contributed by atoms with Gasteiger partial charge in [-0.15, -0.1) is 0 Å². The third-order valence-electron chi connectivity index (χ3n) is 6.06. The van der Waals surface area contributed by atoms with E-state index in [-0.39, 0.29) is 11.2 Å². The summed E-state index contributed by atoms with van der Waals surface area (Å²) in [5.74, 6) is -0.148. The number of rotatable bonds is 2. The summed E-state index contributed by atoms with van der Waals surface area (Å²) in [4.78, 5) is 15.3. The van der Waals surface area contributed by atoms with E-state index in [0.717, 1.165) is 22.5 Å². The van der Waals surface area contributed by atoms with Crippen molar-refractivity contribution in [2.24, 2.45) is 11.1 Å². The summed E-state index contributed by atoms with van der Waals surface area (Å²) in [5.41, 5.74) is 10.7. The first-order valence-electron chi connectivity index (χ1n) is 10.1. The lowest BCUT2D eigenvalue weighted by atomic mass is 9.68. The quantitative estimate of drug-likeness (QED) is 0.585. The van der Waals surface area contributed by atoms with Crippen molar-refractivity contribution < 1.29 is 4.79 Å². The summed E-state index contributed by atoms with van der Waals surface area (Å²) >= 11 is 12.5. The van der Waals surface area contributed by atoms with E-state index in [4.69, 9.17) is 28.9 Å². The molecule has 0 saturated carbocycles. The molecule has 0 fully saturated rings. The molecule has 0 amide bonds. The van der Waals surface area contributed by atoms with Crippen LogP contribution in [0.25, 0.3) is 0 Å². The van der Waals surface area contributed by atoms with E-state index in [1.807, 2.05) is 42.2 Å². The maximum absolute atomic E-state index is 13.5. The molecule has 2 N–H and O–H groups in total. The maximum atomic E-state index is 13.5. The minimum atomic E-state index is -0.517. The van der Waals surface area contributed by atoms with E-state index >= 15 is 0 Å². The van der Waals surface area contributed by atoms with Crippen LogP contribution in [0.4, 0.5) is 5.69 Å². The van der Waals surface area contributed by atoms with Gasteiger partial charge in [0.1, 0.15) is 5.82 Å². The van der Waals surface area contributed by atoms with Gasteiger partial charge in [-0.3, -0.25) is 9.69 Å². The zero-order valence-corrected chi connectivity index (χ0v) is 19.2. The topological polar surface area (TPSA) is 70.1 Å². The van der Waals surface area contributed by atoms with Crippen LogP contribution in [0.2, 0.25) is 10.0 Å². The number of carbonyl (C=O) groups is 1. The summed E-state index contributed by atoms with van der Waals surface area (Å²) in [6.07, 6.45) is 1.07. The molecule has 31 heavy (non-hydrogen) atoms. The number of nitriles is 1. The van der Waals surface area contributed by atoms with Crippen molar-refractivity contribution in [1.82, 2.24) is 0 Å². The summed E-state index contributed by atoms with van der Waals surface area (Å²) < 4.78 is 0. The molecule has 4 rings (SSSR count). The van der Waals surface area contributed by atoms with Gasteiger partial charge in [-0.25, -0.2) is 0 Å². The van der Waals surface area contributed by atoms with Gasteiger partial charge in [0.05, 0.1) is 23.2 Å². The standard InChI is InChI=1S/C25H23Cl2N3O/c1-14-18(27)5-4-6-19(14)30-20-11-25(2,3)12-21(31)23(20)22(17(13-28)24(30)29)15-7-9-16(26)10-8-15/h4-10,22H,11-12,29H2,1-3H3. The van der Waals surface area contributed by atoms with Gasteiger partial charge in [0.2, 0.25) is 0 Å². The van der Waals surface area contributed by atoms with Gasteiger partial charge in [0.15, 0.2) is 5.78 Å². The number of benzene rings is 2. The van der Waals surface area contributed by atoms with Gasteiger partial charge in [-0.1, -0.05) is 55.2 Å². The Balaban J connectivity index is 2.03.